The second-order valence-corrected chi connectivity index (χ2v) is 9.96. The van der Waals surface area contributed by atoms with E-state index in [9.17, 15) is 13.2 Å². The fourth-order valence-electron chi connectivity index (χ4n) is 4.25. The first kappa shape index (κ1) is 20.1. The Bertz CT molecular complexity index is 958. The zero-order valence-corrected chi connectivity index (χ0v) is 17.5. The molecule has 0 bridgehead atoms. The zero-order valence-electron chi connectivity index (χ0n) is 16.6. The molecule has 5 nitrogen and oxygen atoms in total. The fraction of sp³-hybridized carbons (Fsp3) is 0.435. The molecule has 154 valence electrons. The van der Waals surface area contributed by atoms with Crippen LogP contribution in [0.3, 0.4) is 0 Å². The molecule has 1 aliphatic heterocycles. The quantitative estimate of drug-likeness (QED) is 0.800. The minimum absolute atomic E-state index is 0.0352. The number of rotatable bonds is 5. The van der Waals surface area contributed by atoms with Gasteiger partial charge in [0.15, 0.2) is 0 Å². The van der Waals surface area contributed by atoms with E-state index in [2.05, 4.69) is 5.32 Å². The lowest BCUT2D eigenvalue weighted by atomic mass is 9.95. The Morgan fingerprint density at radius 3 is 2.24 bits per heavy atom. The number of sulfonamides is 1. The van der Waals surface area contributed by atoms with Gasteiger partial charge in [-0.05, 0) is 61.1 Å². The average molecular weight is 413 g/mol. The van der Waals surface area contributed by atoms with Crippen LogP contribution in [-0.2, 0) is 10.0 Å². The van der Waals surface area contributed by atoms with Crippen molar-refractivity contribution in [3.8, 4) is 11.1 Å². The molecule has 1 amide bonds. The molecule has 0 unspecified atom stereocenters. The standard InChI is InChI=1S/C23H28N2O3S/c26-23(24-21-9-2-1-3-10-21)20-8-6-7-19(17-20)18-11-13-22(14-12-18)29(27,28)25-15-4-5-16-25/h6-8,11-14,17,21H,1-5,9-10,15-16H2,(H,24,26). The van der Waals surface area contributed by atoms with Gasteiger partial charge < -0.3 is 5.32 Å². The lowest BCUT2D eigenvalue weighted by Crippen LogP contribution is -2.36. The van der Waals surface area contributed by atoms with Crippen molar-refractivity contribution in [1.82, 2.24) is 9.62 Å². The SMILES string of the molecule is O=C(NC1CCCCC1)c1cccc(-c2ccc(S(=O)(=O)N3CCCC3)cc2)c1. The van der Waals surface area contributed by atoms with Crippen molar-refractivity contribution in [3.05, 3.63) is 54.1 Å². The van der Waals surface area contributed by atoms with Gasteiger partial charge in [-0.15, -0.1) is 0 Å². The van der Waals surface area contributed by atoms with Crippen LogP contribution < -0.4 is 5.32 Å². The molecule has 0 atom stereocenters. The van der Waals surface area contributed by atoms with E-state index in [1.165, 1.54) is 19.3 Å². The van der Waals surface area contributed by atoms with Crippen LogP contribution in [-0.4, -0.2) is 37.8 Å². The highest BCUT2D eigenvalue weighted by atomic mass is 32.2. The van der Waals surface area contributed by atoms with E-state index in [0.29, 0.717) is 23.5 Å². The monoisotopic (exact) mass is 412 g/mol. The van der Waals surface area contributed by atoms with E-state index in [0.717, 1.165) is 36.8 Å². The molecular formula is C23H28N2O3S. The molecule has 29 heavy (non-hydrogen) atoms. The van der Waals surface area contributed by atoms with Gasteiger partial charge in [0, 0.05) is 24.7 Å². The fourth-order valence-corrected chi connectivity index (χ4v) is 5.77. The summed E-state index contributed by atoms with van der Waals surface area (Å²) in [7, 11) is -3.41. The Morgan fingerprint density at radius 2 is 1.55 bits per heavy atom. The highest BCUT2D eigenvalue weighted by molar-refractivity contribution is 7.89. The lowest BCUT2D eigenvalue weighted by Gasteiger charge is -2.22. The van der Waals surface area contributed by atoms with Crippen LogP contribution in [0.25, 0.3) is 11.1 Å². The molecule has 0 radical (unpaired) electrons. The summed E-state index contributed by atoms with van der Waals surface area (Å²) in [5, 5.41) is 3.15. The minimum Gasteiger partial charge on any atom is -0.349 e. The predicted molar refractivity (Wildman–Crippen MR) is 114 cm³/mol. The maximum absolute atomic E-state index is 12.7. The average Bonchev–Trinajstić information content (AvgIpc) is 3.31. The summed E-state index contributed by atoms with van der Waals surface area (Å²) in [6, 6.07) is 14.8. The zero-order chi connectivity index (χ0) is 20.3. The smallest absolute Gasteiger partial charge is 0.251 e. The second-order valence-electron chi connectivity index (χ2n) is 8.02. The topological polar surface area (TPSA) is 66.5 Å². The number of nitrogens with zero attached hydrogens (tertiary/aromatic N) is 1. The molecule has 1 saturated heterocycles. The highest BCUT2D eigenvalue weighted by Gasteiger charge is 2.27. The van der Waals surface area contributed by atoms with Crippen LogP contribution in [0.15, 0.2) is 53.4 Å². The van der Waals surface area contributed by atoms with E-state index >= 15 is 0 Å². The molecule has 2 aliphatic rings. The maximum Gasteiger partial charge on any atom is 0.251 e. The van der Waals surface area contributed by atoms with Crippen LogP contribution in [0.5, 0.6) is 0 Å². The molecule has 0 aromatic heterocycles. The van der Waals surface area contributed by atoms with Gasteiger partial charge in [-0.1, -0.05) is 43.5 Å². The van der Waals surface area contributed by atoms with E-state index in [1.807, 2.05) is 36.4 Å². The van der Waals surface area contributed by atoms with Crippen LogP contribution >= 0.6 is 0 Å². The third-order valence-corrected chi connectivity index (χ3v) is 7.87. The van der Waals surface area contributed by atoms with Crippen LogP contribution in [0.1, 0.15) is 55.3 Å². The number of amides is 1. The van der Waals surface area contributed by atoms with Gasteiger partial charge >= 0.3 is 0 Å². The van der Waals surface area contributed by atoms with Gasteiger partial charge in [-0.25, -0.2) is 8.42 Å². The normalized spacial score (nSPS) is 18.6. The minimum atomic E-state index is -3.41. The van der Waals surface area contributed by atoms with Crippen molar-refractivity contribution in [2.24, 2.45) is 0 Å². The van der Waals surface area contributed by atoms with E-state index in [-0.39, 0.29) is 11.9 Å². The number of benzene rings is 2. The molecule has 1 heterocycles. The summed E-state index contributed by atoms with van der Waals surface area (Å²) in [4.78, 5) is 13.0. The molecule has 1 saturated carbocycles. The Hall–Kier alpha value is -2.18. The van der Waals surface area contributed by atoms with Crippen LogP contribution in [0.2, 0.25) is 0 Å². The van der Waals surface area contributed by atoms with Crippen molar-refractivity contribution in [2.45, 2.75) is 55.9 Å². The molecule has 0 spiro atoms. The third-order valence-electron chi connectivity index (χ3n) is 5.96. The summed E-state index contributed by atoms with van der Waals surface area (Å²) >= 11 is 0. The summed E-state index contributed by atoms with van der Waals surface area (Å²) in [6.45, 7) is 1.20. The lowest BCUT2D eigenvalue weighted by molar-refractivity contribution is 0.0927. The highest BCUT2D eigenvalue weighted by Crippen LogP contribution is 2.26. The van der Waals surface area contributed by atoms with Crippen molar-refractivity contribution >= 4 is 15.9 Å². The molecule has 2 aromatic carbocycles. The molecule has 1 aliphatic carbocycles. The first-order valence-electron chi connectivity index (χ1n) is 10.6. The molecule has 4 rings (SSSR count). The van der Waals surface area contributed by atoms with E-state index < -0.39 is 10.0 Å². The van der Waals surface area contributed by atoms with Gasteiger partial charge in [0.2, 0.25) is 10.0 Å². The first-order chi connectivity index (χ1) is 14.0. The molecule has 2 fully saturated rings. The maximum atomic E-state index is 12.7. The molecular weight excluding hydrogens is 384 g/mol. The number of carbonyl (C=O) groups excluding carboxylic acids is 1. The molecule has 1 N–H and O–H groups in total. The Morgan fingerprint density at radius 1 is 0.862 bits per heavy atom. The van der Waals surface area contributed by atoms with Crippen LogP contribution in [0, 0.1) is 0 Å². The third kappa shape index (κ3) is 4.54. The summed E-state index contributed by atoms with van der Waals surface area (Å²) in [5.41, 5.74) is 2.45. The van der Waals surface area contributed by atoms with Gasteiger partial charge in [0.05, 0.1) is 4.90 Å². The summed E-state index contributed by atoms with van der Waals surface area (Å²) in [5.74, 6) is -0.0352. The number of hydrogen-bond donors (Lipinski definition) is 1. The summed E-state index contributed by atoms with van der Waals surface area (Å²) in [6.07, 6.45) is 7.57. The van der Waals surface area contributed by atoms with Crippen LogP contribution in [0.4, 0.5) is 0 Å². The van der Waals surface area contributed by atoms with Crippen molar-refractivity contribution < 1.29 is 13.2 Å². The molecule has 2 aromatic rings. The number of hydrogen-bond acceptors (Lipinski definition) is 3. The summed E-state index contributed by atoms with van der Waals surface area (Å²) < 4.78 is 26.9. The van der Waals surface area contributed by atoms with Crippen molar-refractivity contribution in [2.75, 3.05) is 13.1 Å². The number of carbonyl (C=O) groups is 1. The van der Waals surface area contributed by atoms with Crippen molar-refractivity contribution in [1.29, 1.82) is 0 Å². The Labute approximate surface area is 173 Å². The van der Waals surface area contributed by atoms with Gasteiger partial charge in [0.25, 0.3) is 5.91 Å². The van der Waals surface area contributed by atoms with E-state index in [1.54, 1.807) is 16.4 Å². The second kappa shape index (κ2) is 8.67. The van der Waals surface area contributed by atoms with Gasteiger partial charge in [0.1, 0.15) is 0 Å². The van der Waals surface area contributed by atoms with Gasteiger partial charge in [-0.3, -0.25) is 4.79 Å². The Kier molecular flexibility index (Phi) is 6.01. The van der Waals surface area contributed by atoms with E-state index in [4.69, 9.17) is 0 Å². The predicted octanol–water partition coefficient (Wildman–Crippen LogP) is 4.20. The van der Waals surface area contributed by atoms with Gasteiger partial charge in [-0.2, -0.15) is 4.31 Å². The number of nitrogens with one attached hydrogen (secondary N) is 1. The largest absolute Gasteiger partial charge is 0.349 e. The first-order valence-corrected chi connectivity index (χ1v) is 12.0. The molecule has 6 heteroatoms. The van der Waals surface area contributed by atoms with Crippen molar-refractivity contribution in [3.63, 3.8) is 0 Å². The Balaban J connectivity index is 1.50.